The number of nitro benzene ring substituents is 1. The zero-order valence-corrected chi connectivity index (χ0v) is 12.1. The molecule has 1 N–H and O–H groups in total. The lowest BCUT2D eigenvalue weighted by Crippen LogP contribution is -2.10. The molecule has 0 aliphatic rings. The molecule has 0 radical (unpaired) electrons. The molecule has 0 saturated heterocycles. The Bertz CT molecular complexity index is 647. The summed E-state index contributed by atoms with van der Waals surface area (Å²) in [5.41, 5.74) is 0.944. The number of nitrogens with zero attached hydrogens (tertiary/aromatic N) is 1. The van der Waals surface area contributed by atoms with Gasteiger partial charge in [0.25, 0.3) is 5.69 Å². The van der Waals surface area contributed by atoms with Gasteiger partial charge in [-0.3, -0.25) is 10.1 Å². The van der Waals surface area contributed by atoms with Crippen LogP contribution in [0.2, 0.25) is 5.02 Å². The summed E-state index contributed by atoms with van der Waals surface area (Å²) in [6.45, 7) is 1.97. The van der Waals surface area contributed by atoms with Gasteiger partial charge >= 0.3 is 0 Å². The molecule has 2 aromatic rings. The second-order valence-corrected chi connectivity index (χ2v) is 5.01. The first-order valence-corrected chi connectivity index (χ1v) is 6.85. The van der Waals surface area contributed by atoms with Gasteiger partial charge in [-0.15, -0.1) is 0 Å². The second-order valence-electron chi connectivity index (χ2n) is 4.58. The van der Waals surface area contributed by atoms with Crippen molar-refractivity contribution in [2.75, 3.05) is 5.32 Å². The molecule has 0 bridgehead atoms. The first kappa shape index (κ1) is 15.3. The van der Waals surface area contributed by atoms with E-state index in [1.165, 1.54) is 12.1 Å². The van der Waals surface area contributed by atoms with Crippen LogP contribution in [0, 0.1) is 15.9 Å². The fourth-order valence-corrected chi connectivity index (χ4v) is 2.16. The first-order valence-electron chi connectivity index (χ1n) is 6.47. The molecule has 21 heavy (non-hydrogen) atoms. The number of anilines is 1. The Morgan fingerprint density at radius 3 is 2.48 bits per heavy atom. The molecule has 2 aromatic carbocycles. The highest BCUT2D eigenvalue weighted by Gasteiger charge is 2.14. The smallest absolute Gasteiger partial charge is 0.272 e. The number of nitro groups is 1. The maximum absolute atomic E-state index is 13.9. The van der Waals surface area contributed by atoms with E-state index in [9.17, 15) is 14.5 Å². The van der Waals surface area contributed by atoms with Crippen molar-refractivity contribution in [2.45, 2.75) is 19.4 Å². The molecule has 0 fully saturated rings. The van der Waals surface area contributed by atoms with Gasteiger partial charge in [-0.05, 0) is 30.2 Å². The molecule has 0 aliphatic carbocycles. The van der Waals surface area contributed by atoms with Crippen LogP contribution in [0.3, 0.4) is 0 Å². The standard InChI is InChI=1S/C15H14ClFN2O2/c1-2-14(10-3-5-11(16)6-4-10)18-15-8-7-12(19(20)21)9-13(15)17/h3-9,14,18H,2H2,1H3. The van der Waals surface area contributed by atoms with Crippen LogP contribution in [0.25, 0.3) is 0 Å². The van der Waals surface area contributed by atoms with Gasteiger partial charge in [0.1, 0.15) is 0 Å². The molecule has 6 heteroatoms. The van der Waals surface area contributed by atoms with E-state index in [-0.39, 0.29) is 17.4 Å². The Labute approximate surface area is 126 Å². The number of hydrogen-bond donors (Lipinski definition) is 1. The van der Waals surface area contributed by atoms with Crippen molar-refractivity contribution in [1.82, 2.24) is 0 Å². The largest absolute Gasteiger partial charge is 0.376 e. The van der Waals surface area contributed by atoms with Gasteiger partial charge in [-0.2, -0.15) is 0 Å². The zero-order valence-electron chi connectivity index (χ0n) is 11.3. The summed E-state index contributed by atoms with van der Waals surface area (Å²) in [6.07, 6.45) is 0.734. The van der Waals surface area contributed by atoms with Gasteiger partial charge in [0.15, 0.2) is 5.82 Å². The van der Waals surface area contributed by atoms with E-state index in [1.807, 2.05) is 19.1 Å². The summed E-state index contributed by atoms with van der Waals surface area (Å²) in [6, 6.07) is 10.8. The average Bonchev–Trinajstić information content (AvgIpc) is 2.47. The molecule has 0 aliphatic heterocycles. The van der Waals surface area contributed by atoms with Crippen LogP contribution in [0.15, 0.2) is 42.5 Å². The monoisotopic (exact) mass is 308 g/mol. The number of hydrogen-bond acceptors (Lipinski definition) is 3. The van der Waals surface area contributed by atoms with E-state index in [0.29, 0.717) is 5.02 Å². The number of benzene rings is 2. The van der Waals surface area contributed by atoms with Gasteiger partial charge in [0, 0.05) is 11.1 Å². The van der Waals surface area contributed by atoms with Crippen molar-refractivity contribution >= 4 is 23.0 Å². The molecule has 1 atom stereocenters. The SMILES string of the molecule is CCC(Nc1ccc([N+](=O)[O-])cc1F)c1ccc(Cl)cc1. The maximum atomic E-state index is 13.9. The molecule has 1 unspecified atom stereocenters. The fourth-order valence-electron chi connectivity index (χ4n) is 2.04. The Kier molecular flexibility index (Phi) is 4.75. The van der Waals surface area contributed by atoms with Crippen molar-refractivity contribution in [3.05, 3.63) is 69.0 Å². The second kappa shape index (κ2) is 6.54. The van der Waals surface area contributed by atoms with Gasteiger partial charge in [0.05, 0.1) is 22.7 Å². The van der Waals surface area contributed by atoms with E-state index >= 15 is 0 Å². The van der Waals surface area contributed by atoms with Crippen LogP contribution in [0.1, 0.15) is 24.9 Å². The van der Waals surface area contributed by atoms with Gasteiger partial charge in [-0.25, -0.2) is 4.39 Å². The van der Waals surface area contributed by atoms with Gasteiger partial charge in [0.2, 0.25) is 0 Å². The zero-order chi connectivity index (χ0) is 15.4. The lowest BCUT2D eigenvalue weighted by Gasteiger charge is -2.19. The Balaban J connectivity index is 2.22. The van der Waals surface area contributed by atoms with Gasteiger partial charge < -0.3 is 5.32 Å². The number of rotatable bonds is 5. The normalized spacial score (nSPS) is 12.0. The highest BCUT2D eigenvalue weighted by molar-refractivity contribution is 6.30. The summed E-state index contributed by atoms with van der Waals surface area (Å²) >= 11 is 5.85. The van der Waals surface area contributed by atoms with E-state index in [1.54, 1.807) is 12.1 Å². The number of non-ortho nitro benzene ring substituents is 1. The molecular formula is C15H14ClFN2O2. The maximum Gasteiger partial charge on any atom is 0.272 e. The highest BCUT2D eigenvalue weighted by Crippen LogP contribution is 2.27. The molecule has 0 aromatic heterocycles. The minimum absolute atomic E-state index is 0.0989. The summed E-state index contributed by atoms with van der Waals surface area (Å²) < 4.78 is 13.9. The van der Waals surface area contributed by atoms with Crippen LogP contribution >= 0.6 is 11.6 Å². The predicted octanol–water partition coefficient (Wildman–Crippen LogP) is 4.95. The molecule has 0 heterocycles. The summed E-state index contributed by atoms with van der Waals surface area (Å²) in [4.78, 5) is 9.98. The van der Waals surface area contributed by atoms with Crippen molar-refractivity contribution in [3.8, 4) is 0 Å². The van der Waals surface area contributed by atoms with Crippen LogP contribution in [0.5, 0.6) is 0 Å². The minimum Gasteiger partial charge on any atom is -0.376 e. The van der Waals surface area contributed by atoms with Gasteiger partial charge in [-0.1, -0.05) is 30.7 Å². The topological polar surface area (TPSA) is 55.2 Å². The molecule has 4 nitrogen and oxygen atoms in total. The van der Waals surface area contributed by atoms with Crippen LogP contribution < -0.4 is 5.32 Å². The third-order valence-corrected chi connectivity index (χ3v) is 3.43. The highest BCUT2D eigenvalue weighted by atomic mass is 35.5. The number of nitrogens with one attached hydrogen (secondary N) is 1. The molecule has 0 amide bonds. The lowest BCUT2D eigenvalue weighted by atomic mass is 10.0. The van der Waals surface area contributed by atoms with Crippen LogP contribution in [-0.2, 0) is 0 Å². The third kappa shape index (κ3) is 3.70. The van der Waals surface area contributed by atoms with Crippen molar-refractivity contribution < 1.29 is 9.31 Å². The Morgan fingerprint density at radius 2 is 1.95 bits per heavy atom. The summed E-state index contributed by atoms with van der Waals surface area (Å²) in [5, 5.41) is 14.3. The summed E-state index contributed by atoms with van der Waals surface area (Å²) in [7, 11) is 0. The van der Waals surface area contributed by atoms with E-state index < -0.39 is 10.7 Å². The Morgan fingerprint density at radius 1 is 1.29 bits per heavy atom. The minimum atomic E-state index is -0.642. The third-order valence-electron chi connectivity index (χ3n) is 3.17. The average molecular weight is 309 g/mol. The lowest BCUT2D eigenvalue weighted by molar-refractivity contribution is -0.385. The molecule has 2 rings (SSSR count). The Hall–Kier alpha value is -2.14. The predicted molar refractivity (Wildman–Crippen MR) is 81.2 cm³/mol. The fraction of sp³-hybridized carbons (Fsp3) is 0.200. The molecule has 0 saturated carbocycles. The van der Waals surface area contributed by atoms with Crippen molar-refractivity contribution in [3.63, 3.8) is 0 Å². The first-order chi connectivity index (χ1) is 10.0. The number of halogens is 2. The molecular weight excluding hydrogens is 295 g/mol. The molecule has 0 spiro atoms. The van der Waals surface area contributed by atoms with Crippen LogP contribution in [0.4, 0.5) is 15.8 Å². The van der Waals surface area contributed by atoms with Crippen molar-refractivity contribution in [1.29, 1.82) is 0 Å². The summed E-state index contributed by atoms with van der Waals surface area (Å²) in [5.74, 6) is -0.642. The quantitative estimate of drug-likeness (QED) is 0.628. The van der Waals surface area contributed by atoms with E-state index in [0.717, 1.165) is 18.1 Å². The van der Waals surface area contributed by atoms with E-state index in [2.05, 4.69) is 5.32 Å². The molecule has 110 valence electrons. The van der Waals surface area contributed by atoms with Crippen LogP contribution in [-0.4, -0.2) is 4.92 Å². The van der Waals surface area contributed by atoms with Crippen molar-refractivity contribution in [2.24, 2.45) is 0 Å². The van der Waals surface area contributed by atoms with E-state index in [4.69, 9.17) is 11.6 Å².